The molecule has 162 valence electrons. The van der Waals surface area contributed by atoms with Gasteiger partial charge in [0.2, 0.25) is 5.91 Å². The number of fused-ring (bicyclic) bond motifs is 1. The van der Waals surface area contributed by atoms with E-state index in [4.69, 9.17) is 4.98 Å². The van der Waals surface area contributed by atoms with Crippen LogP contribution in [0.4, 0.5) is 5.69 Å². The summed E-state index contributed by atoms with van der Waals surface area (Å²) in [6.07, 6.45) is 1.94. The number of anilines is 1. The molecule has 2 N–H and O–H groups in total. The fourth-order valence-electron chi connectivity index (χ4n) is 3.69. The third kappa shape index (κ3) is 4.16. The molecule has 2 heterocycles. The van der Waals surface area contributed by atoms with Crippen LogP contribution in [0.3, 0.4) is 0 Å². The van der Waals surface area contributed by atoms with Gasteiger partial charge in [0.25, 0.3) is 0 Å². The molecule has 0 bridgehead atoms. The molecule has 4 rings (SSSR count). The zero-order chi connectivity index (χ0) is 23.0. The summed E-state index contributed by atoms with van der Waals surface area (Å²) in [6.45, 7) is 6.09. The molecule has 0 aliphatic heterocycles. The van der Waals surface area contributed by atoms with Crippen molar-refractivity contribution in [1.29, 1.82) is 0 Å². The molecule has 0 saturated heterocycles. The zero-order valence-corrected chi connectivity index (χ0v) is 19.5. The maximum Gasteiger partial charge on any atom is 0.337 e. The van der Waals surface area contributed by atoms with Crippen LogP contribution in [0.5, 0.6) is 0 Å². The van der Waals surface area contributed by atoms with E-state index in [1.54, 1.807) is 12.1 Å². The summed E-state index contributed by atoms with van der Waals surface area (Å²) in [5, 5.41) is 12.2. The van der Waals surface area contributed by atoms with Crippen LogP contribution in [0.2, 0.25) is 0 Å². The average Bonchev–Trinajstić information content (AvgIpc) is 3.11. The second-order valence-electron chi connectivity index (χ2n) is 7.81. The minimum atomic E-state index is -1.11. The van der Waals surface area contributed by atoms with Crippen LogP contribution >= 0.6 is 15.9 Å². The molecule has 0 unspecified atom stereocenters. The van der Waals surface area contributed by atoms with Gasteiger partial charge in [0.05, 0.1) is 29.1 Å². The van der Waals surface area contributed by atoms with Crippen LogP contribution in [0.15, 0.2) is 59.2 Å². The molecule has 6 nitrogen and oxygen atoms in total. The van der Waals surface area contributed by atoms with Gasteiger partial charge in [0, 0.05) is 16.2 Å². The van der Waals surface area contributed by atoms with Crippen molar-refractivity contribution in [2.24, 2.45) is 0 Å². The molecule has 0 aliphatic carbocycles. The van der Waals surface area contributed by atoms with Gasteiger partial charge in [-0.25, -0.2) is 9.78 Å². The van der Waals surface area contributed by atoms with Gasteiger partial charge in [-0.15, -0.1) is 0 Å². The normalized spacial score (nSPS) is 11.0. The molecule has 7 heteroatoms. The molecule has 0 atom stereocenters. The number of aromatic carboxylic acids is 1. The Kier molecular flexibility index (Phi) is 5.84. The molecule has 0 fully saturated rings. The maximum absolute atomic E-state index is 13.0. The van der Waals surface area contributed by atoms with Crippen molar-refractivity contribution in [2.45, 2.75) is 27.2 Å². The molecule has 32 heavy (non-hydrogen) atoms. The monoisotopic (exact) mass is 491 g/mol. The van der Waals surface area contributed by atoms with E-state index in [2.05, 4.69) is 34.2 Å². The van der Waals surface area contributed by atoms with Crippen LogP contribution < -0.4 is 5.32 Å². The SMILES string of the molecule is Cc1ccc(-c2nc3c(C)cccn3c2CC(=O)Nc2ccc(Br)cc2C(=O)O)cc1C. The van der Waals surface area contributed by atoms with Crippen molar-refractivity contribution in [1.82, 2.24) is 9.38 Å². The van der Waals surface area contributed by atoms with Gasteiger partial charge in [0.1, 0.15) is 5.65 Å². The van der Waals surface area contributed by atoms with Crippen molar-refractivity contribution in [3.8, 4) is 11.3 Å². The van der Waals surface area contributed by atoms with E-state index < -0.39 is 5.97 Å². The van der Waals surface area contributed by atoms with Crippen LogP contribution in [-0.2, 0) is 11.2 Å². The Hall–Kier alpha value is -3.45. The summed E-state index contributed by atoms with van der Waals surface area (Å²) in [6, 6.07) is 14.8. The second-order valence-corrected chi connectivity index (χ2v) is 8.73. The Morgan fingerprint density at radius 3 is 2.53 bits per heavy atom. The number of benzene rings is 2. The summed E-state index contributed by atoms with van der Waals surface area (Å²) in [5.41, 5.74) is 6.83. The Morgan fingerprint density at radius 1 is 1.03 bits per heavy atom. The highest BCUT2D eigenvalue weighted by Gasteiger charge is 2.20. The van der Waals surface area contributed by atoms with Gasteiger partial charge in [0.15, 0.2) is 0 Å². The van der Waals surface area contributed by atoms with E-state index in [9.17, 15) is 14.7 Å². The van der Waals surface area contributed by atoms with Crippen molar-refractivity contribution in [3.63, 3.8) is 0 Å². The molecule has 4 aromatic rings. The first-order valence-corrected chi connectivity index (χ1v) is 10.9. The highest BCUT2D eigenvalue weighted by molar-refractivity contribution is 9.10. The van der Waals surface area contributed by atoms with Crippen LogP contribution in [-0.4, -0.2) is 26.4 Å². The summed E-state index contributed by atoms with van der Waals surface area (Å²) in [4.78, 5) is 29.5. The standard InChI is InChI=1S/C25H22BrN3O3/c1-14-6-7-17(11-16(14)3)23-21(29-10-4-5-15(2)24(29)28-23)13-22(30)27-20-9-8-18(26)12-19(20)25(31)32/h4-12H,13H2,1-3H3,(H,27,30)(H,31,32). The Morgan fingerprint density at radius 2 is 1.81 bits per heavy atom. The number of aromatic nitrogens is 2. The lowest BCUT2D eigenvalue weighted by Gasteiger charge is -2.11. The van der Waals surface area contributed by atoms with Gasteiger partial charge in [-0.2, -0.15) is 0 Å². The number of hydrogen-bond donors (Lipinski definition) is 2. The van der Waals surface area contributed by atoms with Gasteiger partial charge >= 0.3 is 5.97 Å². The first-order valence-electron chi connectivity index (χ1n) is 10.1. The van der Waals surface area contributed by atoms with E-state index >= 15 is 0 Å². The first kappa shape index (κ1) is 21.8. The topological polar surface area (TPSA) is 83.7 Å². The lowest BCUT2D eigenvalue weighted by molar-refractivity contribution is -0.115. The average molecular weight is 492 g/mol. The zero-order valence-electron chi connectivity index (χ0n) is 17.9. The number of imidazole rings is 1. The molecule has 0 saturated carbocycles. The molecule has 0 radical (unpaired) electrons. The van der Waals surface area contributed by atoms with Crippen molar-refractivity contribution < 1.29 is 14.7 Å². The number of carbonyl (C=O) groups is 2. The minimum Gasteiger partial charge on any atom is -0.478 e. The highest BCUT2D eigenvalue weighted by Crippen LogP contribution is 2.28. The summed E-state index contributed by atoms with van der Waals surface area (Å²) in [5.74, 6) is -1.42. The number of carboxylic acid groups (broad SMARTS) is 1. The maximum atomic E-state index is 13.0. The molecule has 2 aromatic carbocycles. The van der Waals surface area contributed by atoms with Crippen molar-refractivity contribution >= 4 is 39.1 Å². The largest absolute Gasteiger partial charge is 0.478 e. The number of halogens is 1. The molecule has 0 spiro atoms. The number of pyridine rings is 1. The van der Waals surface area contributed by atoms with Gasteiger partial charge in [-0.1, -0.05) is 34.1 Å². The van der Waals surface area contributed by atoms with Crippen LogP contribution in [0.25, 0.3) is 16.9 Å². The first-order chi connectivity index (χ1) is 15.2. The van der Waals surface area contributed by atoms with Gasteiger partial charge in [-0.05, 0) is 67.8 Å². The van der Waals surface area contributed by atoms with E-state index in [1.165, 1.54) is 11.6 Å². The fourth-order valence-corrected chi connectivity index (χ4v) is 4.05. The van der Waals surface area contributed by atoms with Crippen LogP contribution in [0.1, 0.15) is 32.7 Å². The van der Waals surface area contributed by atoms with Crippen LogP contribution in [0, 0.1) is 20.8 Å². The van der Waals surface area contributed by atoms with E-state index in [0.717, 1.165) is 33.7 Å². The van der Waals surface area contributed by atoms with E-state index in [1.807, 2.05) is 48.7 Å². The van der Waals surface area contributed by atoms with E-state index in [-0.39, 0.29) is 23.6 Å². The number of nitrogens with one attached hydrogen (secondary N) is 1. The lowest BCUT2D eigenvalue weighted by Crippen LogP contribution is -2.18. The van der Waals surface area contributed by atoms with Crippen molar-refractivity contribution in [3.05, 3.63) is 87.1 Å². The predicted octanol–water partition coefficient (Wildman–Crippen LogP) is 5.57. The summed E-state index contributed by atoms with van der Waals surface area (Å²) >= 11 is 3.27. The van der Waals surface area contributed by atoms with Gasteiger partial charge < -0.3 is 14.8 Å². The minimum absolute atomic E-state index is 0.0242. The Labute approximate surface area is 194 Å². The Bertz CT molecular complexity index is 1370. The third-order valence-corrected chi connectivity index (χ3v) is 6.03. The molecule has 1 amide bonds. The number of amides is 1. The second kappa shape index (κ2) is 8.59. The molecular formula is C25H22BrN3O3. The summed E-state index contributed by atoms with van der Waals surface area (Å²) < 4.78 is 2.56. The molecule has 2 aromatic heterocycles. The highest BCUT2D eigenvalue weighted by atomic mass is 79.9. The predicted molar refractivity (Wildman–Crippen MR) is 128 cm³/mol. The third-order valence-electron chi connectivity index (χ3n) is 5.54. The number of carbonyl (C=O) groups excluding carboxylic acids is 1. The van der Waals surface area contributed by atoms with Gasteiger partial charge in [-0.3, -0.25) is 4.79 Å². The number of rotatable bonds is 5. The van der Waals surface area contributed by atoms with Crippen molar-refractivity contribution in [2.75, 3.05) is 5.32 Å². The number of hydrogen-bond acceptors (Lipinski definition) is 3. The molecule has 0 aliphatic rings. The number of nitrogens with zero attached hydrogens (tertiary/aromatic N) is 2. The fraction of sp³-hybridized carbons (Fsp3) is 0.160. The Balaban J connectivity index is 1.76. The number of carboxylic acids is 1. The smallest absolute Gasteiger partial charge is 0.337 e. The summed E-state index contributed by atoms with van der Waals surface area (Å²) in [7, 11) is 0. The number of aryl methyl sites for hydroxylation is 3. The molecular weight excluding hydrogens is 470 g/mol. The lowest BCUT2D eigenvalue weighted by atomic mass is 10.0. The van der Waals surface area contributed by atoms with E-state index in [0.29, 0.717) is 4.47 Å². The quantitative estimate of drug-likeness (QED) is 0.382.